The average Bonchev–Trinajstić information content (AvgIpc) is 2.03. The largest absolute Gasteiger partial charge is 0.449 e. The predicted octanol–water partition coefficient (Wildman–Crippen LogP) is 1.07. The maximum absolute atomic E-state index is 12.0. The first-order valence-electron chi connectivity index (χ1n) is 3.08. The number of halogens is 3. The van der Waals surface area contributed by atoms with Crippen LogP contribution in [-0.2, 0) is 0 Å². The quantitative estimate of drug-likeness (QED) is 0.546. The molecule has 0 spiro atoms. The summed E-state index contributed by atoms with van der Waals surface area (Å²) in [5.41, 5.74) is 0. The first kappa shape index (κ1) is 8.65. The summed E-state index contributed by atoms with van der Waals surface area (Å²) in [6, 6.07) is -0.817. The van der Waals surface area contributed by atoms with Crippen LogP contribution < -0.4 is 5.32 Å². The summed E-state index contributed by atoms with van der Waals surface area (Å²) in [4.78, 5) is 3.23. The minimum absolute atomic E-state index is 0.817. The Labute approximate surface area is 67.2 Å². The molecule has 0 amide bonds. The van der Waals surface area contributed by atoms with Crippen LogP contribution in [0.15, 0.2) is 17.3 Å². The smallest absolute Gasteiger partial charge is 0.343 e. The molecule has 64 valence electrons. The lowest BCUT2D eigenvalue weighted by Gasteiger charge is -2.14. The van der Waals surface area contributed by atoms with Gasteiger partial charge in [-0.25, -0.2) is 4.99 Å². The normalized spacial score (nSPS) is 22.5. The van der Waals surface area contributed by atoms with Gasteiger partial charge in [0.25, 0.3) is 0 Å². The maximum Gasteiger partial charge on any atom is 0.449 e. The number of terminal acetylenes is 1. The fourth-order valence-electron chi connectivity index (χ4n) is 0.685. The van der Waals surface area contributed by atoms with E-state index in [1.807, 2.05) is 5.32 Å². The number of hydrogen-bond acceptors (Lipinski definition) is 2. The minimum atomic E-state index is -4.46. The van der Waals surface area contributed by atoms with Crippen molar-refractivity contribution in [2.75, 3.05) is 0 Å². The van der Waals surface area contributed by atoms with Crippen LogP contribution in [0.4, 0.5) is 13.2 Å². The standard InChI is InChI=1S/C7H5F3N2/c1-2-5-3-4-11-6(12-5)7(8,9)10/h1,3-5H,(H,11,12). The van der Waals surface area contributed by atoms with Gasteiger partial charge in [-0.1, -0.05) is 5.92 Å². The van der Waals surface area contributed by atoms with Gasteiger partial charge in [-0.15, -0.1) is 6.42 Å². The monoisotopic (exact) mass is 174 g/mol. The number of alkyl halides is 3. The summed E-state index contributed by atoms with van der Waals surface area (Å²) in [5, 5.41) is 1.97. The molecule has 1 rings (SSSR count). The van der Waals surface area contributed by atoms with Crippen molar-refractivity contribution in [3.8, 4) is 12.3 Å². The van der Waals surface area contributed by atoms with Crippen LogP contribution in [0.2, 0.25) is 0 Å². The Bertz CT molecular complexity index is 269. The van der Waals surface area contributed by atoms with E-state index in [4.69, 9.17) is 6.42 Å². The van der Waals surface area contributed by atoms with Gasteiger partial charge in [0.15, 0.2) is 0 Å². The minimum Gasteiger partial charge on any atom is -0.343 e. The number of aliphatic imine (C=N–C) groups is 1. The summed E-state index contributed by atoms with van der Waals surface area (Å²) < 4.78 is 35.9. The van der Waals surface area contributed by atoms with Crippen LogP contribution in [0.1, 0.15) is 0 Å². The second-order valence-electron chi connectivity index (χ2n) is 2.09. The summed E-state index contributed by atoms with van der Waals surface area (Å²) in [5.74, 6) is 1.04. The fourth-order valence-corrected chi connectivity index (χ4v) is 0.685. The molecule has 0 aromatic carbocycles. The third kappa shape index (κ3) is 1.78. The lowest BCUT2D eigenvalue weighted by atomic mass is 10.3. The number of nitrogens with zero attached hydrogens (tertiary/aromatic N) is 1. The molecule has 0 saturated carbocycles. The molecule has 0 aromatic rings. The topological polar surface area (TPSA) is 24.4 Å². The van der Waals surface area contributed by atoms with E-state index >= 15 is 0 Å². The number of hydrogen-bond donors (Lipinski definition) is 1. The Morgan fingerprint density at radius 2 is 2.25 bits per heavy atom. The Hall–Kier alpha value is -1.44. The molecule has 0 saturated heterocycles. The zero-order valence-electron chi connectivity index (χ0n) is 5.89. The lowest BCUT2D eigenvalue weighted by Crippen LogP contribution is -2.37. The molecule has 1 unspecified atom stereocenters. The van der Waals surface area contributed by atoms with E-state index in [1.165, 1.54) is 6.08 Å². The van der Waals surface area contributed by atoms with Crippen LogP contribution in [0.5, 0.6) is 0 Å². The van der Waals surface area contributed by atoms with Crippen LogP contribution in [0.3, 0.4) is 0 Å². The first-order valence-corrected chi connectivity index (χ1v) is 3.08. The van der Waals surface area contributed by atoms with Crippen molar-refractivity contribution in [3.05, 3.63) is 12.3 Å². The molecule has 0 fully saturated rings. The van der Waals surface area contributed by atoms with E-state index in [2.05, 4.69) is 10.9 Å². The van der Waals surface area contributed by atoms with Crippen molar-refractivity contribution >= 4 is 5.84 Å². The highest BCUT2D eigenvalue weighted by Crippen LogP contribution is 2.18. The molecule has 0 aliphatic carbocycles. The van der Waals surface area contributed by atoms with Crippen molar-refractivity contribution in [2.24, 2.45) is 4.99 Å². The fraction of sp³-hybridized carbons (Fsp3) is 0.286. The summed E-state index contributed by atoms with van der Waals surface area (Å²) in [7, 11) is 0. The van der Waals surface area contributed by atoms with Crippen molar-refractivity contribution in [1.29, 1.82) is 0 Å². The zero-order chi connectivity index (χ0) is 9.19. The number of amidine groups is 1. The molecule has 12 heavy (non-hydrogen) atoms. The van der Waals surface area contributed by atoms with Crippen molar-refractivity contribution in [1.82, 2.24) is 5.32 Å². The van der Waals surface area contributed by atoms with E-state index in [0.29, 0.717) is 0 Å². The molecule has 1 aliphatic heterocycles. The van der Waals surface area contributed by atoms with Gasteiger partial charge in [-0.2, -0.15) is 13.2 Å². The Morgan fingerprint density at radius 3 is 2.75 bits per heavy atom. The van der Waals surface area contributed by atoms with Gasteiger partial charge in [-0.05, 0) is 6.08 Å². The van der Waals surface area contributed by atoms with Gasteiger partial charge < -0.3 is 5.32 Å². The van der Waals surface area contributed by atoms with E-state index in [1.54, 1.807) is 0 Å². The molecule has 5 heteroatoms. The SMILES string of the molecule is C#CC1C=CNC(C(F)(F)F)=N1. The van der Waals surface area contributed by atoms with Crippen LogP contribution >= 0.6 is 0 Å². The molecular weight excluding hydrogens is 169 g/mol. The molecule has 0 aromatic heterocycles. The van der Waals surface area contributed by atoms with Crippen LogP contribution in [0, 0.1) is 12.3 Å². The van der Waals surface area contributed by atoms with E-state index in [0.717, 1.165) is 6.20 Å². The van der Waals surface area contributed by atoms with Gasteiger partial charge in [0.05, 0.1) is 0 Å². The molecule has 1 heterocycles. The van der Waals surface area contributed by atoms with Gasteiger partial charge >= 0.3 is 6.18 Å². The van der Waals surface area contributed by atoms with Gasteiger partial charge in [0, 0.05) is 6.20 Å². The van der Waals surface area contributed by atoms with E-state index in [9.17, 15) is 13.2 Å². The third-order valence-corrected chi connectivity index (χ3v) is 1.21. The number of nitrogens with one attached hydrogen (secondary N) is 1. The third-order valence-electron chi connectivity index (χ3n) is 1.21. The summed E-state index contributed by atoms with van der Waals surface area (Å²) in [6.45, 7) is 0. The summed E-state index contributed by atoms with van der Waals surface area (Å²) >= 11 is 0. The molecular formula is C7H5F3N2. The van der Waals surface area contributed by atoms with Crippen molar-refractivity contribution < 1.29 is 13.2 Å². The molecule has 0 bridgehead atoms. The second kappa shape index (κ2) is 2.89. The molecule has 2 nitrogen and oxygen atoms in total. The van der Waals surface area contributed by atoms with Gasteiger partial charge in [-0.3, -0.25) is 0 Å². The molecule has 0 radical (unpaired) electrons. The van der Waals surface area contributed by atoms with Crippen LogP contribution in [-0.4, -0.2) is 18.1 Å². The highest BCUT2D eigenvalue weighted by atomic mass is 19.4. The number of rotatable bonds is 0. The molecule has 1 N–H and O–H groups in total. The van der Waals surface area contributed by atoms with Crippen molar-refractivity contribution in [3.63, 3.8) is 0 Å². The Morgan fingerprint density at radius 1 is 1.58 bits per heavy atom. The molecule has 1 atom stereocenters. The predicted molar refractivity (Wildman–Crippen MR) is 38.4 cm³/mol. The Kier molecular flexibility index (Phi) is 2.09. The van der Waals surface area contributed by atoms with Crippen molar-refractivity contribution in [2.45, 2.75) is 12.2 Å². The van der Waals surface area contributed by atoms with Gasteiger partial charge in [0.1, 0.15) is 6.04 Å². The lowest BCUT2D eigenvalue weighted by molar-refractivity contribution is -0.0615. The highest BCUT2D eigenvalue weighted by Gasteiger charge is 2.36. The van der Waals surface area contributed by atoms with Crippen LogP contribution in [0.25, 0.3) is 0 Å². The van der Waals surface area contributed by atoms with Gasteiger partial charge in [0.2, 0.25) is 5.84 Å². The maximum atomic E-state index is 12.0. The van der Waals surface area contributed by atoms with E-state index in [-0.39, 0.29) is 0 Å². The highest BCUT2D eigenvalue weighted by molar-refractivity contribution is 5.89. The summed E-state index contributed by atoms with van der Waals surface area (Å²) in [6.07, 6.45) is 2.96. The van der Waals surface area contributed by atoms with E-state index < -0.39 is 18.1 Å². The molecule has 1 aliphatic rings. The first-order chi connectivity index (χ1) is 5.54. The zero-order valence-corrected chi connectivity index (χ0v) is 5.89. The Balaban J connectivity index is 2.83. The second-order valence-corrected chi connectivity index (χ2v) is 2.09. The average molecular weight is 174 g/mol.